The molecule has 0 aliphatic heterocycles. The topological polar surface area (TPSA) is 116 Å². The van der Waals surface area contributed by atoms with Crippen molar-refractivity contribution in [2.45, 2.75) is 32.4 Å². The minimum absolute atomic E-state index is 0.0322. The van der Waals surface area contributed by atoms with Crippen LogP contribution < -0.4 is 27.5 Å². The highest BCUT2D eigenvalue weighted by Crippen LogP contribution is 2.37. The van der Waals surface area contributed by atoms with Crippen molar-refractivity contribution in [2.24, 2.45) is 0 Å². The van der Waals surface area contributed by atoms with Gasteiger partial charge in [0, 0.05) is 47.4 Å². The number of nitrogens with one attached hydrogen (secondary N) is 2. The molecule has 0 saturated heterocycles. The van der Waals surface area contributed by atoms with Crippen molar-refractivity contribution < 1.29 is 31.1 Å². The van der Waals surface area contributed by atoms with Gasteiger partial charge in [0.05, 0.1) is 29.9 Å². The highest BCUT2D eigenvalue weighted by molar-refractivity contribution is 5.90. The summed E-state index contributed by atoms with van der Waals surface area (Å²) in [6, 6.07) is 32.4. The molecule has 4 aromatic carbocycles. The molecule has 6 rings (SSSR count). The first-order chi connectivity index (χ1) is 27.1. The number of nitrogens with zero attached hydrogens (tertiary/aromatic N) is 3. The number of halogens is 6. The lowest BCUT2D eigenvalue weighted by atomic mass is 10.1. The van der Waals surface area contributed by atoms with E-state index in [0.717, 1.165) is 23.3 Å². The molecule has 0 bridgehead atoms. The van der Waals surface area contributed by atoms with Crippen LogP contribution in [0, 0.1) is 6.57 Å². The van der Waals surface area contributed by atoms with Gasteiger partial charge in [0.1, 0.15) is 0 Å². The van der Waals surface area contributed by atoms with E-state index in [1.54, 1.807) is 97.9 Å². The fourth-order valence-electron chi connectivity index (χ4n) is 5.84. The molecule has 2 amide bonds. The molecule has 4 N–H and O–H groups in total. The summed E-state index contributed by atoms with van der Waals surface area (Å²) < 4.78 is 82.8. The van der Waals surface area contributed by atoms with E-state index in [1.807, 2.05) is 6.07 Å². The highest BCUT2D eigenvalue weighted by atomic mass is 19.4. The molecule has 0 spiro atoms. The Labute approximate surface area is 322 Å². The molecule has 292 valence electrons. The van der Waals surface area contributed by atoms with Gasteiger partial charge >= 0.3 is 18.4 Å². The number of amides is 2. The maximum Gasteiger partial charge on any atom is 0.416 e. The van der Waals surface area contributed by atoms with Gasteiger partial charge in [0.25, 0.3) is 16.8 Å². The molecule has 0 unspecified atom stereocenters. The first kappa shape index (κ1) is 41.1. The molecular formula is C42H34F6N6O3. The third-order valence-corrected chi connectivity index (χ3v) is 8.45. The summed E-state index contributed by atoms with van der Waals surface area (Å²) in [7, 11) is 0. The predicted molar refractivity (Wildman–Crippen MR) is 207 cm³/mol. The number of aromatic nitrogens is 2. The Morgan fingerprint density at radius 1 is 0.702 bits per heavy atom. The number of nitrogen functional groups attached to an aromatic ring is 1. The monoisotopic (exact) mass is 784 g/mol. The van der Waals surface area contributed by atoms with E-state index in [-0.39, 0.29) is 24.5 Å². The van der Waals surface area contributed by atoms with Crippen molar-refractivity contribution in [1.29, 1.82) is 0 Å². The average molecular weight is 785 g/mol. The minimum Gasteiger partial charge on any atom is -0.399 e. The van der Waals surface area contributed by atoms with Crippen LogP contribution in [-0.4, -0.2) is 21.7 Å². The first-order valence-corrected chi connectivity index (χ1v) is 17.2. The predicted octanol–water partition coefficient (Wildman–Crippen LogP) is 9.44. The molecule has 15 heteroatoms. The van der Waals surface area contributed by atoms with Crippen molar-refractivity contribution in [2.75, 3.05) is 17.6 Å². The van der Waals surface area contributed by atoms with Gasteiger partial charge in [-0.25, -0.2) is 9.64 Å². The molecule has 0 saturated carbocycles. The van der Waals surface area contributed by atoms with Gasteiger partial charge in [-0.05, 0) is 54.4 Å². The Bertz CT molecular complexity index is 2530. The highest BCUT2D eigenvalue weighted by Gasteiger charge is 2.36. The van der Waals surface area contributed by atoms with E-state index >= 15 is 0 Å². The Kier molecular flexibility index (Phi) is 12.7. The van der Waals surface area contributed by atoms with Crippen LogP contribution in [0.2, 0.25) is 0 Å². The van der Waals surface area contributed by atoms with Crippen LogP contribution in [0.3, 0.4) is 0 Å². The van der Waals surface area contributed by atoms with Crippen molar-refractivity contribution in [3.8, 4) is 22.5 Å². The quantitative estimate of drug-likeness (QED) is 0.0811. The molecule has 0 atom stereocenters. The van der Waals surface area contributed by atoms with E-state index < -0.39 is 46.3 Å². The Hall–Kier alpha value is -7.08. The SMILES string of the molecule is CCNC(=O)Nc1cccc(-c2cc(C(F)(F)F)cc(=O)n2Cc2ccccc2)c1.[C-]#[N+]c1c(C(F)(F)F)cc(-c2cccc(N)c2)n(Cc2ccccc2)c1=O. The number of carbonyl (C=O) groups excluding carboxylic acids is 1. The van der Waals surface area contributed by atoms with E-state index in [9.17, 15) is 40.7 Å². The molecule has 0 fully saturated rings. The Morgan fingerprint density at radius 3 is 1.81 bits per heavy atom. The normalized spacial score (nSPS) is 11.2. The molecule has 2 aromatic heterocycles. The molecule has 0 radical (unpaired) electrons. The number of carbonyl (C=O) groups is 1. The van der Waals surface area contributed by atoms with E-state index in [1.165, 1.54) is 21.3 Å². The number of hydrogen-bond acceptors (Lipinski definition) is 4. The third-order valence-electron chi connectivity index (χ3n) is 8.45. The number of nitrogens with two attached hydrogens (primary N) is 1. The summed E-state index contributed by atoms with van der Waals surface area (Å²) in [5.41, 5.74) is 3.97. The molecular weight excluding hydrogens is 750 g/mol. The summed E-state index contributed by atoms with van der Waals surface area (Å²) in [6.45, 7) is 9.42. The summed E-state index contributed by atoms with van der Waals surface area (Å²) in [4.78, 5) is 40.0. The van der Waals surface area contributed by atoms with Gasteiger partial charge in [0.15, 0.2) is 0 Å². The lowest BCUT2D eigenvalue weighted by molar-refractivity contribution is -0.138. The van der Waals surface area contributed by atoms with Gasteiger partial charge in [-0.3, -0.25) is 9.59 Å². The molecule has 0 aliphatic rings. The smallest absolute Gasteiger partial charge is 0.399 e. The zero-order valence-corrected chi connectivity index (χ0v) is 30.2. The fourth-order valence-corrected chi connectivity index (χ4v) is 5.84. The summed E-state index contributed by atoms with van der Waals surface area (Å²) in [6.07, 6.45) is -9.48. The minimum atomic E-state index is -4.82. The second-order valence-corrected chi connectivity index (χ2v) is 12.5. The lowest BCUT2D eigenvalue weighted by Gasteiger charge is -2.18. The van der Waals surface area contributed by atoms with Gasteiger partial charge in [-0.2, -0.15) is 26.3 Å². The number of urea groups is 1. The van der Waals surface area contributed by atoms with E-state index in [0.29, 0.717) is 35.1 Å². The van der Waals surface area contributed by atoms with Crippen molar-refractivity contribution in [3.63, 3.8) is 0 Å². The first-order valence-electron chi connectivity index (χ1n) is 17.2. The molecule has 6 aromatic rings. The second kappa shape index (κ2) is 17.6. The van der Waals surface area contributed by atoms with Crippen LogP contribution in [0.5, 0.6) is 0 Å². The maximum atomic E-state index is 13.4. The van der Waals surface area contributed by atoms with Crippen LogP contribution in [-0.2, 0) is 25.4 Å². The number of hydrogen-bond donors (Lipinski definition) is 3. The standard InChI is InChI=1S/C22H20F3N3O2.C20H14F3N3O/c1-2-26-21(30)27-18-10-6-9-16(11-18)19-12-17(22(23,24)25)13-20(29)28(19)14-15-7-4-3-5-8-15;1-25-18-16(20(21,22)23)11-17(14-8-5-9-15(24)10-14)26(19(18)27)12-13-6-3-2-4-7-13/h3-13H,2,14H2,1H3,(H2,26,27,30);2-11H,12,24H2. The molecule has 57 heavy (non-hydrogen) atoms. The number of anilines is 2. The lowest BCUT2D eigenvalue weighted by Crippen LogP contribution is -2.28. The average Bonchev–Trinajstić information content (AvgIpc) is 3.16. The van der Waals surface area contributed by atoms with Crippen LogP contribution in [0.1, 0.15) is 29.2 Å². The number of rotatable bonds is 8. The number of pyridine rings is 2. The van der Waals surface area contributed by atoms with Crippen LogP contribution in [0.25, 0.3) is 27.4 Å². The summed E-state index contributed by atoms with van der Waals surface area (Å²) >= 11 is 0. The van der Waals surface area contributed by atoms with Crippen LogP contribution in [0.4, 0.5) is 48.2 Å². The fraction of sp³-hybridized carbons (Fsp3) is 0.143. The number of benzene rings is 4. The van der Waals surface area contributed by atoms with Crippen LogP contribution in [0.15, 0.2) is 137 Å². The largest absolute Gasteiger partial charge is 0.416 e. The number of alkyl halides is 6. The summed E-state index contributed by atoms with van der Waals surface area (Å²) in [5, 5.41) is 5.20. The van der Waals surface area contributed by atoms with Gasteiger partial charge < -0.3 is 25.5 Å². The van der Waals surface area contributed by atoms with E-state index in [2.05, 4.69) is 15.5 Å². The molecule has 2 heterocycles. The zero-order chi connectivity index (χ0) is 41.3. The van der Waals surface area contributed by atoms with Crippen molar-refractivity contribution in [3.05, 3.63) is 182 Å². The van der Waals surface area contributed by atoms with Crippen LogP contribution >= 0.6 is 0 Å². The molecule has 9 nitrogen and oxygen atoms in total. The second-order valence-electron chi connectivity index (χ2n) is 12.5. The zero-order valence-electron chi connectivity index (χ0n) is 30.2. The van der Waals surface area contributed by atoms with Gasteiger partial charge in [-0.1, -0.05) is 84.9 Å². The summed E-state index contributed by atoms with van der Waals surface area (Å²) in [5.74, 6) is 0. The van der Waals surface area contributed by atoms with Gasteiger partial charge in [-0.15, -0.1) is 0 Å². The maximum absolute atomic E-state index is 13.4. The third kappa shape index (κ3) is 10.4. The van der Waals surface area contributed by atoms with Crippen molar-refractivity contribution >= 4 is 23.1 Å². The Balaban J connectivity index is 0.000000219. The van der Waals surface area contributed by atoms with Gasteiger partial charge in [0.2, 0.25) is 0 Å². The van der Waals surface area contributed by atoms with E-state index in [4.69, 9.17) is 12.3 Å². The van der Waals surface area contributed by atoms with Crippen molar-refractivity contribution in [1.82, 2.24) is 14.5 Å². The molecule has 0 aliphatic carbocycles. The Morgan fingerprint density at radius 2 is 1.26 bits per heavy atom.